The number of carbonyl (C=O) groups is 2. The fourth-order valence-electron chi connectivity index (χ4n) is 10.3. The third-order valence-corrected chi connectivity index (χ3v) is 13.7. The third kappa shape index (κ3) is 9.10. The van der Waals surface area contributed by atoms with E-state index in [4.69, 9.17) is 21.1 Å². The van der Waals surface area contributed by atoms with E-state index in [9.17, 15) is 19.8 Å². The molecule has 1 saturated carbocycles. The number of pyridine rings is 1. The van der Waals surface area contributed by atoms with Gasteiger partial charge in [0.1, 0.15) is 17.0 Å². The van der Waals surface area contributed by atoms with Gasteiger partial charge in [0.15, 0.2) is 11.9 Å². The number of aryl methyl sites for hydroxylation is 2. The van der Waals surface area contributed by atoms with Crippen LogP contribution in [-0.2, 0) is 40.7 Å². The Balaban J connectivity index is 0.980. The molecular weight excluding hydrogens is 792 g/mol. The smallest absolute Gasteiger partial charge is 0.329 e. The van der Waals surface area contributed by atoms with Crippen molar-refractivity contribution >= 4 is 29.2 Å². The van der Waals surface area contributed by atoms with E-state index in [0.717, 1.165) is 54.9 Å². The first-order valence-corrected chi connectivity index (χ1v) is 22.1. The fourth-order valence-corrected chi connectivity index (χ4v) is 10.5. The molecule has 3 aromatic carbocycles. The first-order valence-electron chi connectivity index (χ1n) is 21.7. The van der Waals surface area contributed by atoms with Crippen molar-refractivity contribution in [3.63, 3.8) is 0 Å². The van der Waals surface area contributed by atoms with Gasteiger partial charge in [-0.2, -0.15) is 0 Å². The van der Waals surface area contributed by atoms with E-state index in [2.05, 4.69) is 51.8 Å². The molecule has 5 aromatic rings. The van der Waals surface area contributed by atoms with E-state index in [1.807, 2.05) is 60.8 Å². The van der Waals surface area contributed by atoms with Crippen LogP contribution >= 0.6 is 11.6 Å². The zero-order valence-corrected chi connectivity index (χ0v) is 35.7. The predicted octanol–water partition coefficient (Wildman–Crippen LogP) is 9.07. The lowest BCUT2D eigenvalue weighted by Gasteiger charge is -2.47. The summed E-state index contributed by atoms with van der Waals surface area (Å²) in [6, 6.07) is 24.2. The Morgan fingerprint density at radius 2 is 1.82 bits per heavy atom. The summed E-state index contributed by atoms with van der Waals surface area (Å²) in [5.74, 6) is 1.33. The number of aromatic nitrogens is 5. The molecule has 3 aliphatic carbocycles. The van der Waals surface area contributed by atoms with E-state index in [-0.39, 0.29) is 23.7 Å². The molecule has 12 nitrogen and oxygen atoms in total. The summed E-state index contributed by atoms with van der Waals surface area (Å²) in [5.41, 5.74) is 5.17. The maximum Gasteiger partial charge on any atom is 0.329 e. The minimum atomic E-state index is -1.13. The Morgan fingerprint density at radius 1 is 1.00 bits per heavy atom. The van der Waals surface area contributed by atoms with Crippen molar-refractivity contribution in [2.24, 2.45) is 11.8 Å². The summed E-state index contributed by atoms with van der Waals surface area (Å²) in [5, 5.41) is 36.8. The lowest BCUT2D eigenvalue weighted by Crippen LogP contribution is -2.53. The van der Waals surface area contributed by atoms with Crippen molar-refractivity contribution in [3.05, 3.63) is 124 Å². The van der Waals surface area contributed by atoms with Crippen LogP contribution in [0.25, 0.3) is 0 Å². The Bertz CT molecular complexity index is 2330. The summed E-state index contributed by atoms with van der Waals surface area (Å²) < 4.78 is 14.4. The summed E-state index contributed by atoms with van der Waals surface area (Å²) in [4.78, 5) is 30.1. The topological polar surface area (TPSA) is 162 Å². The number of rotatable bonds is 17. The fraction of sp³-hybridized carbons (Fsp3) is 0.458. The lowest BCUT2D eigenvalue weighted by atomic mass is 9.59. The van der Waals surface area contributed by atoms with E-state index in [1.165, 1.54) is 21.4 Å². The number of hydrogen-bond acceptors (Lipinski definition) is 9. The molecule has 2 aromatic heterocycles. The number of fused-ring (bicyclic) bond motifs is 3. The molecule has 61 heavy (non-hydrogen) atoms. The van der Waals surface area contributed by atoms with Crippen LogP contribution in [0.5, 0.6) is 11.5 Å². The number of anilines is 1. The molecule has 4 atom stereocenters. The molecule has 0 unspecified atom stereocenters. The van der Waals surface area contributed by atoms with Gasteiger partial charge < -0.3 is 25.0 Å². The first kappa shape index (κ1) is 42.2. The van der Waals surface area contributed by atoms with Crippen molar-refractivity contribution in [2.45, 2.75) is 114 Å². The predicted molar refractivity (Wildman–Crippen MR) is 233 cm³/mol. The van der Waals surface area contributed by atoms with Crippen LogP contribution in [0.1, 0.15) is 111 Å². The number of benzene rings is 3. The van der Waals surface area contributed by atoms with Gasteiger partial charge in [-0.25, -0.2) is 14.3 Å². The number of halogens is 1. The molecule has 0 radical (unpaired) electrons. The van der Waals surface area contributed by atoms with Gasteiger partial charge >= 0.3 is 11.9 Å². The second-order valence-electron chi connectivity index (χ2n) is 17.5. The minimum Gasteiger partial charge on any atom is -0.494 e. The number of carboxylic acids is 2. The Morgan fingerprint density at radius 3 is 2.59 bits per heavy atom. The van der Waals surface area contributed by atoms with Crippen molar-refractivity contribution in [3.8, 4) is 11.5 Å². The molecule has 3 N–H and O–H groups in total. The number of nitrogens with one attached hydrogen (secondary N) is 1. The van der Waals surface area contributed by atoms with Gasteiger partial charge in [-0.15, -0.1) is 5.10 Å². The number of tetrazole rings is 1. The highest BCUT2D eigenvalue weighted by atomic mass is 35.5. The maximum atomic E-state index is 13.1. The zero-order chi connectivity index (χ0) is 42.6. The number of nitrogens with zero attached hydrogens (tertiary/aromatic N) is 5. The molecule has 0 bridgehead atoms. The van der Waals surface area contributed by atoms with E-state index < -0.39 is 23.5 Å². The summed E-state index contributed by atoms with van der Waals surface area (Å²) in [6.07, 6.45) is 10.6. The highest BCUT2D eigenvalue weighted by molar-refractivity contribution is 6.30. The minimum absolute atomic E-state index is 0.241. The Hall–Kier alpha value is -5.49. The quantitative estimate of drug-likeness (QED) is 0.0766. The van der Waals surface area contributed by atoms with Crippen LogP contribution in [-0.4, -0.2) is 66.1 Å². The lowest BCUT2D eigenvalue weighted by molar-refractivity contribution is -0.144. The van der Waals surface area contributed by atoms with Crippen molar-refractivity contribution < 1.29 is 29.3 Å². The van der Waals surface area contributed by atoms with Crippen LogP contribution in [0.15, 0.2) is 85.1 Å². The molecule has 0 saturated heterocycles. The van der Waals surface area contributed by atoms with Crippen LogP contribution < -0.4 is 14.8 Å². The average Bonchev–Trinajstić information content (AvgIpc) is 3.83. The van der Waals surface area contributed by atoms with Gasteiger partial charge in [0, 0.05) is 41.0 Å². The molecule has 3 aliphatic rings. The normalized spacial score (nSPS) is 22.8. The van der Waals surface area contributed by atoms with Crippen LogP contribution in [0.4, 0.5) is 5.69 Å². The van der Waals surface area contributed by atoms with Gasteiger partial charge in [0.2, 0.25) is 0 Å². The van der Waals surface area contributed by atoms with Gasteiger partial charge in [-0.1, -0.05) is 67.9 Å². The summed E-state index contributed by atoms with van der Waals surface area (Å²) in [7, 11) is 0. The second kappa shape index (κ2) is 18.2. The molecule has 0 aliphatic heterocycles. The third-order valence-electron chi connectivity index (χ3n) is 13.5. The summed E-state index contributed by atoms with van der Waals surface area (Å²) in [6.45, 7) is 5.52. The average molecular weight is 847 g/mol. The van der Waals surface area contributed by atoms with E-state index in [0.29, 0.717) is 74.2 Å². The molecule has 2 heterocycles. The van der Waals surface area contributed by atoms with Gasteiger partial charge in [-0.3, -0.25) is 4.98 Å². The Labute approximate surface area is 362 Å². The van der Waals surface area contributed by atoms with Crippen molar-refractivity contribution in [1.82, 2.24) is 25.2 Å². The highest BCUT2D eigenvalue weighted by Crippen LogP contribution is 2.57. The van der Waals surface area contributed by atoms with Crippen molar-refractivity contribution in [2.75, 3.05) is 18.5 Å². The molecular formula is C48H55ClN6O6. The van der Waals surface area contributed by atoms with Gasteiger partial charge in [0.25, 0.3) is 0 Å². The number of ether oxygens (including phenoxy) is 2. The zero-order valence-electron chi connectivity index (χ0n) is 34.9. The van der Waals surface area contributed by atoms with E-state index in [1.54, 1.807) is 12.1 Å². The van der Waals surface area contributed by atoms with Gasteiger partial charge in [0.05, 0.1) is 13.2 Å². The van der Waals surface area contributed by atoms with Gasteiger partial charge in [-0.05, 0) is 151 Å². The molecule has 1 spiro atoms. The second-order valence-corrected chi connectivity index (χ2v) is 18.0. The largest absolute Gasteiger partial charge is 0.494 e. The number of aliphatic carboxylic acids is 2. The molecule has 8 rings (SSSR count). The number of carboxylic acid groups (broad SMARTS) is 2. The molecule has 13 heteroatoms. The molecule has 1 fully saturated rings. The first-order chi connectivity index (χ1) is 29.5. The van der Waals surface area contributed by atoms with Crippen LogP contribution in [0, 0.1) is 11.8 Å². The van der Waals surface area contributed by atoms with Crippen molar-refractivity contribution in [1.29, 1.82) is 0 Å². The van der Waals surface area contributed by atoms with E-state index >= 15 is 0 Å². The SMILES string of the molecule is C[C@@H](COc1ccnc2c1[C@H](C)CCC2)C[C@H]1Cc2ccc(OCCCc3nnnn3[C@H](Cc3ccccc3)C(=O)O)cc2C12CCC(Nc1cccc(Cl)c1)(C(=O)O)CC2. The number of hydrogen-bond donors (Lipinski definition) is 3. The van der Waals surface area contributed by atoms with Crippen LogP contribution in [0.2, 0.25) is 5.02 Å². The van der Waals surface area contributed by atoms with Crippen LogP contribution in [0.3, 0.4) is 0 Å². The standard InChI is InChI=1S/C48H55ClN6O6/c1-31(30-61-42-18-23-50-40-14-6-9-32(2)44(40)42)25-35-27-34-16-17-38(60-24-8-15-43-52-53-54-55(43)41(45(56)57)26-33-10-4-3-5-11-33)29-39(34)47(35)19-21-48(22-20-47,46(58)59)51-37-13-7-12-36(49)28-37/h3-5,7,10-13,16-18,23,28-29,31-32,35,41,51H,6,8-9,14-15,19-22,24-27,30H2,1-2H3,(H,56,57)(H,58,59)/t31-,32-,35+,41-,47?,48?/m1/s1. The highest BCUT2D eigenvalue weighted by Gasteiger charge is 2.54. The molecule has 320 valence electrons. The maximum absolute atomic E-state index is 13.1. The molecule has 0 amide bonds. The monoisotopic (exact) mass is 846 g/mol. The summed E-state index contributed by atoms with van der Waals surface area (Å²) >= 11 is 6.32. The Kier molecular flexibility index (Phi) is 12.6.